The maximum Gasteiger partial charge on any atom is 0.271 e. The van der Waals surface area contributed by atoms with Crippen LogP contribution in [0.1, 0.15) is 15.9 Å². The number of ether oxygens (including phenoxy) is 1. The first-order valence-electron chi connectivity index (χ1n) is 6.43. The summed E-state index contributed by atoms with van der Waals surface area (Å²) in [5.41, 5.74) is 1.13. The third-order valence-electron chi connectivity index (χ3n) is 3.14. The van der Waals surface area contributed by atoms with E-state index in [9.17, 15) is 14.9 Å². The molecule has 0 unspecified atom stereocenters. The summed E-state index contributed by atoms with van der Waals surface area (Å²) in [6, 6.07) is 7.04. The van der Waals surface area contributed by atoms with E-state index in [1.165, 1.54) is 31.4 Å². The number of anilines is 1. The van der Waals surface area contributed by atoms with Crippen LogP contribution >= 0.6 is 23.2 Å². The highest BCUT2D eigenvalue weighted by atomic mass is 35.5. The van der Waals surface area contributed by atoms with Crippen molar-refractivity contribution < 1.29 is 14.5 Å². The number of methoxy groups -OCH3 is 1. The fourth-order valence-electron chi connectivity index (χ4n) is 1.94. The van der Waals surface area contributed by atoms with Gasteiger partial charge in [-0.05, 0) is 24.6 Å². The minimum absolute atomic E-state index is 0.114. The summed E-state index contributed by atoms with van der Waals surface area (Å²) in [4.78, 5) is 22.6. The van der Waals surface area contributed by atoms with E-state index in [0.29, 0.717) is 11.3 Å². The lowest BCUT2D eigenvalue weighted by molar-refractivity contribution is -0.384. The Morgan fingerprint density at radius 2 is 1.83 bits per heavy atom. The molecule has 2 rings (SSSR count). The maximum atomic E-state index is 12.3. The molecular formula is C15H12Cl2N2O4. The molecule has 0 saturated heterocycles. The van der Waals surface area contributed by atoms with Crippen LogP contribution in [0.3, 0.4) is 0 Å². The third-order valence-corrected chi connectivity index (χ3v) is 3.71. The Morgan fingerprint density at radius 1 is 1.22 bits per heavy atom. The number of carbonyl (C=O) groups is 1. The molecule has 0 radical (unpaired) electrons. The molecule has 1 amide bonds. The first kappa shape index (κ1) is 17.1. The van der Waals surface area contributed by atoms with Crippen LogP contribution < -0.4 is 10.1 Å². The predicted octanol–water partition coefficient (Wildman–Crippen LogP) is 4.47. The predicted molar refractivity (Wildman–Crippen MR) is 88.8 cm³/mol. The topological polar surface area (TPSA) is 81.5 Å². The molecule has 120 valence electrons. The van der Waals surface area contributed by atoms with Crippen LogP contribution in [0.5, 0.6) is 5.75 Å². The summed E-state index contributed by atoms with van der Waals surface area (Å²) < 4.78 is 5.02. The van der Waals surface area contributed by atoms with Gasteiger partial charge in [0.15, 0.2) is 5.75 Å². The van der Waals surface area contributed by atoms with Gasteiger partial charge in [-0.3, -0.25) is 14.9 Å². The van der Waals surface area contributed by atoms with Crippen molar-refractivity contribution in [3.05, 3.63) is 61.6 Å². The molecule has 0 spiro atoms. The molecule has 0 saturated carbocycles. The number of nitrogens with one attached hydrogen (secondary N) is 1. The average Bonchev–Trinajstić information content (AvgIpc) is 2.48. The van der Waals surface area contributed by atoms with E-state index < -0.39 is 10.8 Å². The van der Waals surface area contributed by atoms with Crippen LogP contribution in [0, 0.1) is 17.0 Å². The molecule has 6 nitrogen and oxygen atoms in total. The van der Waals surface area contributed by atoms with Gasteiger partial charge in [-0.1, -0.05) is 29.3 Å². The van der Waals surface area contributed by atoms with Gasteiger partial charge in [-0.2, -0.15) is 0 Å². The van der Waals surface area contributed by atoms with Gasteiger partial charge in [0.25, 0.3) is 11.6 Å². The molecular weight excluding hydrogens is 343 g/mol. The number of aryl methyl sites for hydroxylation is 1. The number of hydrogen-bond donors (Lipinski definition) is 1. The molecule has 1 N–H and O–H groups in total. The summed E-state index contributed by atoms with van der Waals surface area (Å²) in [5, 5.41) is 13.8. The Morgan fingerprint density at radius 3 is 2.35 bits per heavy atom. The molecule has 2 aromatic carbocycles. The normalized spacial score (nSPS) is 10.3. The quantitative estimate of drug-likeness (QED) is 0.648. The first-order valence-corrected chi connectivity index (χ1v) is 7.18. The van der Waals surface area contributed by atoms with Crippen LogP contribution in [0.15, 0.2) is 30.3 Å². The van der Waals surface area contributed by atoms with E-state index in [1.54, 1.807) is 13.0 Å². The van der Waals surface area contributed by atoms with Gasteiger partial charge in [-0.25, -0.2) is 0 Å². The average molecular weight is 355 g/mol. The van der Waals surface area contributed by atoms with E-state index in [4.69, 9.17) is 27.9 Å². The Balaban J connectivity index is 2.33. The number of nitro groups is 1. The number of non-ortho nitro benzene ring substituents is 1. The Bertz CT molecular complexity index is 770. The Kier molecular flexibility index (Phi) is 5.08. The van der Waals surface area contributed by atoms with Crippen LogP contribution in [-0.4, -0.2) is 17.9 Å². The van der Waals surface area contributed by atoms with Crippen molar-refractivity contribution in [1.29, 1.82) is 0 Å². The molecule has 0 fully saturated rings. The molecule has 0 aliphatic rings. The summed E-state index contributed by atoms with van der Waals surface area (Å²) in [6.45, 7) is 1.73. The molecule has 2 aromatic rings. The van der Waals surface area contributed by atoms with E-state index in [0.717, 1.165) is 0 Å². The van der Waals surface area contributed by atoms with Crippen LogP contribution in [-0.2, 0) is 0 Å². The number of nitrogens with zero attached hydrogens (tertiary/aromatic N) is 1. The van der Waals surface area contributed by atoms with Crippen molar-refractivity contribution in [1.82, 2.24) is 0 Å². The summed E-state index contributed by atoms with van der Waals surface area (Å²) in [5.74, 6) is -0.212. The zero-order valence-electron chi connectivity index (χ0n) is 12.2. The fourth-order valence-corrected chi connectivity index (χ4v) is 2.58. The van der Waals surface area contributed by atoms with Gasteiger partial charge in [0.05, 0.1) is 27.8 Å². The van der Waals surface area contributed by atoms with Gasteiger partial charge in [0.1, 0.15) is 0 Å². The monoisotopic (exact) mass is 354 g/mol. The third kappa shape index (κ3) is 3.72. The number of hydrogen-bond acceptors (Lipinski definition) is 4. The molecule has 0 atom stereocenters. The number of nitro benzene ring substituents is 1. The van der Waals surface area contributed by atoms with Gasteiger partial charge in [0.2, 0.25) is 0 Å². The van der Waals surface area contributed by atoms with Crippen molar-refractivity contribution in [2.75, 3.05) is 12.4 Å². The molecule has 23 heavy (non-hydrogen) atoms. The number of amides is 1. The second kappa shape index (κ2) is 6.85. The van der Waals surface area contributed by atoms with Crippen molar-refractivity contribution >= 4 is 40.5 Å². The SMILES string of the molecule is COc1c(Cl)cc(C(=O)Nc2cc([N+](=O)[O-])ccc2C)cc1Cl. The second-order valence-corrected chi connectivity index (χ2v) is 5.50. The van der Waals surface area contributed by atoms with Crippen molar-refractivity contribution in [3.63, 3.8) is 0 Å². The highest BCUT2D eigenvalue weighted by molar-refractivity contribution is 6.37. The van der Waals surface area contributed by atoms with Crippen molar-refractivity contribution in [2.45, 2.75) is 6.92 Å². The number of halogens is 2. The van der Waals surface area contributed by atoms with Crippen molar-refractivity contribution in [3.8, 4) is 5.75 Å². The minimum atomic E-state index is -0.532. The zero-order chi connectivity index (χ0) is 17.1. The van der Waals surface area contributed by atoms with E-state index >= 15 is 0 Å². The highest BCUT2D eigenvalue weighted by Gasteiger charge is 2.16. The van der Waals surface area contributed by atoms with E-state index in [1.807, 2.05) is 0 Å². The zero-order valence-corrected chi connectivity index (χ0v) is 13.7. The lowest BCUT2D eigenvalue weighted by atomic mass is 10.1. The van der Waals surface area contributed by atoms with E-state index in [-0.39, 0.29) is 27.0 Å². The van der Waals surface area contributed by atoms with Crippen molar-refractivity contribution in [2.24, 2.45) is 0 Å². The number of carbonyl (C=O) groups excluding carboxylic acids is 1. The van der Waals surface area contributed by atoms with Crippen LogP contribution in [0.25, 0.3) is 0 Å². The second-order valence-electron chi connectivity index (χ2n) is 4.68. The molecule has 0 bridgehead atoms. The largest absolute Gasteiger partial charge is 0.494 e. The Labute approximate surface area is 142 Å². The molecule has 8 heteroatoms. The standard InChI is InChI=1S/C15H12Cl2N2O4/c1-8-3-4-10(19(21)22)7-13(8)18-15(20)9-5-11(16)14(23-2)12(17)6-9/h3-7H,1-2H3,(H,18,20). The highest BCUT2D eigenvalue weighted by Crippen LogP contribution is 2.34. The smallest absolute Gasteiger partial charge is 0.271 e. The summed E-state index contributed by atoms with van der Waals surface area (Å²) in [6.07, 6.45) is 0. The maximum absolute atomic E-state index is 12.3. The first-order chi connectivity index (χ1) is 10.8. The summed E-state index contributed by atoms with van der Waals surface area (Å²) >= 11 is 12.0. The lowest BCUT2D eigenvalue weighted by Crippen LogP contribution is -2.13. The molecule has 0 aromatic heterocycles. The van der Waals surface area contributed by atoms with Gasteiger partial charge >= 0.3 is 0 Å². The molecule has 0 heterocycles. The fraction of sp³-hybridized carbons (Fsp3) is 0.133. The molecule has 0 aliphatic carbocycles. The van der Waals surface area contributed by atoms with Gasteiger partial charge < -0.3 is 10.1 Å². The number of benzene rings is 2. The number of rotatable bonds is 4. The molecule has 0 aliphatic heterocycles. The van der Waals surface area contributed by atoms with Gasteiger partial charge in [0, 0.05) is 17.7 Å². The van der Waals surface area contributed by atoms with E-state index in [2.05, 4.69) is 5.32 Å². The summed E-state index contributed by atoms with van der Waals surface area (Å²) in [7, 11) is 1.42. The van der Waals surface area contributed by atoms with Crippen LogP contribution in [0.2, 0.25) is 10.0 Å². The minimum Gasteiger partial charge on any atom is -0.494 e. The Hall–Kier alpha value is -2.31. The van der Waals surface area contributed by atoms with Gasteiger partial charge in [-0.15, -0.1) is 0 Å². The van der Waals surface area contributed by atoms with Crippen LogP contribution in [0.4, 0.5) is 11.4 Å². The lowest BCUT2D eigenvalue weighted by Gasteiger charge is -2.11.